The number of nitrogens with zero attached hydrogens (tertiary/aromatic N) is 3. The molecular formula is C11H6F3N3O2S. The number of alkyl halides is 3. The van der Waals surface area contributed by atoms with E-state index >= 15 is 0 Å². The van der Waals surface area contributed by atoms with Crippen molar-refractivity contribution in [2.24, 2.45) is 0 Å². The Balaban J connectivity index is 2.12. The van der Waals surface area contributed by atoms with Crippen LogP contribution >= 0.6 is 11.8 Å². The highest BCUT2D eigenvalue weighted by molar-refractivity contribution is 7.99. The molecular weight excluding hydrogens is 295 g/mol. The van der Waals surface area contributed by atoms with Gasteiger partial charge in [-0.3, -0.25) is 0 Å². The second-order valence-electron chi connectivity index (χ2n) is 3.55. The van der Waals surface area contributed by atoms with Crippen molar-refractivity contribution < 1.29 is 23.1 Å². The van der Waals surface area contributed by atoms with Crippen molar-refractivity contribution in [3.8, 4) is 0 Å². The number of carboxylic acids is 1. The molecule has 0 aliphatic heterocycles. The molecule has 2 rings (SSSR count). The maximum atomic E-state index is 12.3. The van der Waals surface area contributed by atoms with E-state index in [-0.39, 0.29) is 5.69 Å². The molecule has 2 aromatic rings. The molecule has 20 heavy (non-hydrogen) atoms. The summed E-state index contributed by atoms with van der Waals surface area (Å²) in [5.74, 6) is -1.21. The van der Waals surface area contributed by atoms with Gasteiger partial charge in [0.05, 0.1) is 5.56 Å². The number of hydrogen-bond donors (Lipinski definition) is 1. The van der Waals surface area contributed by atoms with Gasteiger partial charge < -0.3 is 5.11 Å². The lowest BCUT2D eigenvalue weighted by molar-refractivity contribution is -0.137. The minimum absolute atomic E-state index is 0.213. The molecule has 5 nitrogen and oxygen atoms in total. The summed E-state index contributed by atoms with van der Waals surface area (Å²) >= 11 is 0.982. The first kappa shape index (κ1) is 14.3. The van der Waals surface area contributed by atoms with Crippen LogP contribution in [-0.2, 0) is 6.18 Å². The number of hydrogen-bond acceptors (Lipinski definition) is 5. The fourth-order valence-corrected chi connectivity index (χ4v) is 1.88. The third kappa shape index (κ3) is 3.44. The van der Waals surface area contributed by atoms with Crippen LogP contribution in [0.2, 0.25) is 0 Å². The molecule has 0 radical (unpaired) electrons. The highest BCUT2D eigenvalue weighted by Gasteiger charge is 2.30. The van der Waals surface area contributed by atoms with Crippen LogP contribution in [-0.4, -0.2) is 26.3 Å². The maximum Gasteiger partial charge on any atom is 0.417 e. The van der Waals surface area contributed by atoms with Gasteiger partial charge in [0.1, 0.15) is 10.1 Å². The molecule has 9 heteroatoms. The summed E-state index contributed by atoms with van der Waals surface area (Å²) in [6, 6.07) is 4.77. The predicted octanol–water partition coefficient (Wildman–Crippen LogP) is 2.74. The van der Waals surface area contributed by atoms with Crippen molar-refractivity contribution in [1.29, 1.82) is 0 Å². The molecule has 0 atom stereocenters. The van der Waals surface area contributed by atoms with Crippen molar-refractivity contribution in [2.45, 2.75) is 16.2 Å². The Morgan fingerprint density at radius 3 is 2.25 bits per heavy atom. The summed E-state index contributed by atoms with van der Waals surface area (Å²) in [7, 11) is 0. The Hall–Kier alpha value is -2.16. The van der Waals surface area contributed by atoms with Gasteiger partial charge in [-0.1, -0.05) is 0 Å². The van der Waals surface area contributed by atoms with Crippen LogP contribution in [0.5, 0.6) is 0 Å². The first-order chi connectivity index (χ1) is 9.36. The summed E-state index contributed by atoms with van der Waals surface area (Å²) < 4.78 is 37.0. The number of carboxylic acid groups (broad SMARTS) is 1. The van der Waals surface area contributed by atoms with Crippen LogP contribution in [0.4, 0.5) is 13.2 Å². The molecule has 0 spiro atoms. The molecule has 2 heterocycles. The third-order valence-electron chi connectivity index (χ3n) is 2.13. The second kappa shape index (κ2) is 5.45. The lowest BCUT2D eigenvalue weighted by Gasteiger charge is -2.06. The highest BCUT2D eigenvalue weighted by atomic mass is 32.2. The molecule has 0 fully saturated rings. The number of pyridine rings is 1. The first-order valence-electron chi connectivity index (χ1n) is 5.14. The summed E-state index contributed by atoms with van der Waals surface area (Å²) in [6.07, 6.45) is -3.71. The maximum absolute atomic E-state index is 12.3. The summed E-state index contributed by atoms with van der Waals surface area (Å²) in [5, 5.41) is 16.4. The predicted molar refractivity (Wildman–Crippen MR) is 62.4 cm³/mol. The van der Waals surface area contributed by atoms with E-state index in [1.165, 1.54) is 18.2 Å². The standard InChI is InChI=1S/C11H6F3N3O2S/c12-11(13,14)6-1-3-8(15-5-6)20-9-4-2-7(10(18)19)16-17-9/h1-5H,(H,18,19). The Kier molecular flexibility index (Phi) is 3.89. The van der Waals surface area contributed by atoms with E-state index in [9.17, 15) is 18.0 Å². The van der Waals surface area contributed by atoms with Crippen molar-refractivity contribution in [3.63, 3.8) is 0 Å². The summed E-state index contributed by atoms with van der Waals surface area (Å²) in [6.45, 7) is 0. The first-order valence-corrected chi connectivity index (χ1v) is 5.96. The van der Waals surface area contributed by atoms with E-state index in [0.717, 1.165) is 24.0 Å². The topological polar surface area (TPSA) is 76.0 Å². The lowest BCUT2D eigenvalue weighted by atomic mass is 10.3. The normalized spacial score (nSPS) is 11.3. The van der Waals surface area contributed by atoms with E-state index in [0.29, 0.717) is 10.1 Å². The largest absolute Gasteiger partial charge is 0.476 e. The molecule has 0 saturated carbocycles. The molecule has 0 saturated heterocycles. The van der Waals surface area contributed by atoms with Gasteiger partial charge in [0.2, 0.25) is 0 Å². The number of aromatic carboxylic acids is 1. The molecule has 0 amide bonds. The quantitative estimate of drug-likeness (QED) is 0.939. The van der Waals surface area contributed by atoms with Crippen LogP contribution in [0, 0.1) is 0 Å². The summed E-state index contributed by atoms with van der Waals surface area (Å²) in [4.78, 5) is 14.2. The van der Waals surface area contributed by atoms with Crippen molar-refractivity contribution in [3.05, 3.63) is 41.7 Å². The van der Waals surface area contributed by atoms with Gasteiger partial charge >= 0.3 is 12.1 Å². The number of halogens is 3. The minimum atomic E-state index is -4.43. The average Bonchev–Trinajstić information content (AvgIpc) is 2.39. The molecule has 0 aliphatic carbocycles. The van der Waals surface area contributed by atoms with Gasteiger partial charge in [0.25, 0.3) is 0 Å². The van der Waals surface area contributed by atoms with Crippen LogP contribution in [0.1, 0.15) is 16.1 Å². The van der Waals surface area contributed by atoms with E-state index in [2.05, 4.69) is 15.2 Å². The molecule has 0 aliphatic rings. The molecule has 1 N–H and O–H groups in total. The fourth-order valence-electron chi connectivity index (χ4n) is 1.20. The molecule has 0 aromatic carbocycles. The van der Waals surface area contributed by atoms with Crippen LogP contribution in [0.25, 0.3) is 0 Å². The van der Waals surface area contributed by atoms with Gasteiger partial charge in [-0.25, -0.2) is 9.78 Å². The van der Waals surface area contributed by atoms with Crippen LogP contribution < -0.4 is 0 Å². The smallest absolute Gasteiger partial charge is 0.417 e. The number of carbonyl (C=O) groups is 1. The fraction of sp³-hybridized carbons (Fsp3) is 0.0909. The number of rotatable bonds is 3. The van der Waals surface area contributed by atoms with Crippen LogP contribution in [0.15, 0.2) is 40.5 Å². The van der Waals surface area contributed by atoms with Gasteiger partial charge in [0, 0.05) is 6.20 Å². The molecule has 2 aromatic heterocycles. The van der Waals surface area contributed by atoms with E-state index < -0.39 is 17.7 Å². The Morgan fingerprint density at radius 1 is 1.10 bits per heavy atom. The summed E-state index contributed by atoms with van der Waals surface area (Å²) in [5.41, 5.74) is -1.05. The van der Waals surface area contributed by atoms with Gasteiger partial charge in [0.15, 0.2) is 5.69 Å². The van der Waals surface area contributed by atoms with Gasteiger partial charge in [-0.05, 0) is 36.0 Å². The zero-order valence-electron chi connectivity index (χ0n) is 9.63. The zero-order chi connectivity index (χ0) is 14.8. The van der Waals surface area contributed by atoms with E-state index in [1.807, 2.05) is 0 Å². The molecule has 0 bridgehead atoms. The van der Waals surface area contributed by atoms with E-state index in [4.69, 9.17) is 5.11 Å². The Morgan fingerprint density at radius 2 is 1.80 bits per heavy atom. The van der Waals surface area contributed by atoms with Crippen LogP contribution in [0.3, 0.4) is 0 Å². The van der Waals surface area contributed by atoms with Crippen molar-refractivity contribution in [2.75, 3.05) is 0 Å². The lowest BCUT2D eigenvalue weighted by Crippen LogP contribution is -2.05. The Bertz CT molecular complexity index is 614. The molecule has 0 unspecified atom stereocenters. The monoisotopic (exact) mass is 301 g/mol. The third-order valence-corrected chi connectivity index (χ3v) is 3.01. The van der Waals surface area contributed by atoms with Crippen molar-refractivity contribution in [1.82, 2.24) is 15.2 Å². The highest BCUT2D eigenvalue weighted by Crippen LogP contribution is 2.30. The Labute approximate surface area is 114 Å². The number of aromatic nitrogens is 3. The molecule has 104 valence electrons. The van der Waals surface area contributed by atoms with Crippen molar-refractivity contribution >= 4 is 17.7 Å². The average molecular weight is 301 g/mol. The SMILES string of the molecule is O=C(O)c1ccc(Sc2ccc(C(F)(F)F)cn2)nn1. The second-order valence-corrected chi connectivity index (χ2v) is 4.59. The van der Waals surface area contributed by atoms with E-state index in [1.54, 1.807) is 0 Å². The minimum Gasteiger partial charge on any atom is -0.476 e. The van der Waals surface area contributed by atoms with Gasteiger partial charge in [-0.15, -0.1) is 10.2 Å². The van der Waals surface area contributed by atoms with Gasteiger partial charge in [-0.2, -0.15) is 13.2 Å². The zero-order valence-corrected chi connectivity index (χ0v) is 10.4.